The van der Waals surface area contributed by atoms with Gasteiger partial charge < -0.3 is 15.8 Å². The molecule has 0 saturated heterocycles. The monoisotopic (exact) mass is 295 g/mol. The summed E-state index contributed by atoms with van der Waals surface area (Å²) in [5.41, 5.74) is 5.61. The molecule has 0 aliphatic heterocycles. The summed E-state index contributed by atoms with van der Waals surface area (Å²) in [6.07, 6.45) is 0. The summed E-state index contributed by atoms with van der Waals surface area (Å²) in [7, 11) is 1.17. The number of rotatable bonds is 3. The van der Waals surface area contributed by atoms with E-state index in [9.17, 15) is 14.0 Å². The van der Waals surface area contributed by atoms with Gasteiger partial charge in [-0.15, -0.1) is 11.3 Å². The summed E-state index contributed by atoms with van der Waals surface area (Å²) < 4.78 is 17.7. The minimum Gasteiger partial charge on any atom is -0.465 e. The molecule has 2 aromatic rings. The zero-order chi connectivity index (χ0) is 14.7. The molecule has 0 aliphatic rings. The number of thiazole rings is 1. The Morgan fingerprint density at radius 3 is 2.80 bits per heavy atom. The first kappa shape index (κ1) is 13.9. The van der Waals surface area contributed by atoms with Crippen molar-refractivity contribution in [3.8, 4) is 0 Å². The van der Waals surface area contributed by atoms with E-state index in [4.69, 9.17) is 5.73 Å². The van der Waals surface area contributed by atoms with Crippen molar-refractivity contribution in [3.05, 3.63) is 40.7 Å². The van der Waals surface area contributed by atoms with Gasteiger partial charge in [-0.1, -0.05) is 0 Å². The minimum absolute atomic E-state index is 0.0796. The second-order valence-corrected chi connectivity index (χ2v) is 4.60. The van der Waals surface area contributed by atoms with Crippen LogP contribution in [-0.4, -0.2) is 24.0 Å². The van der Waals surface area contributed by atoms with E-state index >= 15 is 0 Å². The molecular weight excluding hydrogens is 285 g/mol. The highest BCUT2D eigenvalue weighted by molar-refractivity contribution is 7.13. The van der Waals surface area contributed by atoms with Gasteiger partial charge in [-0.05, 0) is 18.2 Å². The third-order valence-corrected chi connectivity index (χ3v) is 3.06. The summed E-state index contributed by atoms with van der Waals surface area (Å²) in [5, 5.41) is 4.20. The van der Waals surface area contributed by atoms with Gasteiger partial charge >= 0.3 is 5.97 Å². The first-order valence-corrected chi connectivity index (χ1v) is 6.29. The van der Waals surface area contributed by atoms with Gasteiger partial charge in [0.1, 0.15) is 11.5 Å². The number of carbonyl (C=O) groups is 2. The Hall–Kier alpha value is -2.48. The molecule has 0 unspecified atom stereocenters. The molecule has 0 radical (unpaired) electrons. The number of hydrogen-bond acceptors (Lipinski definition) is 6. The number of anilines is 2. The van der Waals surface area contributed by atoms with Crippen LogP contribution >= 0.6 is 11.3 Å². The average Bonchev–Trinajstić information content (AvgIpc) is 2.86. The number of aromatic nitrogens is 1. The van der Waals surface area contributed by atoms with Crippen molar-refractivity contribution < 1.29 is 18.7 Å². The molecule has 0 fully saturated rings. The highest BCUT2D eigenvalue weighted by Gasteiger charge is 2.17. The molecule has 2 rings (SSSR count). The Labute approximate surface area is 117 Å². The molecule has 20 heavy (non-hydrogen) atoms. The SMILES string of the molecule is COC(=O)c1cc(F)ccc1NC(=O)c1csc(N)n1. The van der Waals surface area contributed by atoms with E-state index in [0.717, 1.165) is 23.5 Å². The zero-order valence-corrected chi connectivity index (χ0v) is 11.2. The Morgan fingerprint density at radius 2 is 2.20 bits per heavy atom. The first-order chi connectivity index (χ1) is 9.51. The molecule has 8 heteroatoms. The number of nitrogens with two attached hydrogens (primary N) is 1. The molecule has 1 aromatic heterocycles. The molecule has 3 N–H and O–H groups in total. The largest absolute Gasteiger partial charge is 0.465 e. The maximum atomic E-state index is 13.2. The second-order valence-electron chi connectivity index (χ2n) is 3.71. The lowest BCUT2D eigenvalue weighted by Gasteiger charge is -2.08. The van der Waals surface area contributed by atoms with Crippen LogP contribution in [-0.2, 0) is 4.74 Å². The third kappa shape index (κ3) is 2.91. The van der Waals surface area contributed by atoms with Gasteiger partial charge in [0.25, 0.3) is 5.91 Å². The van der Waals surface area contributed by atoms with Gasteiger partial charge in [-0.25, -0.2) is 14.2 Å². The van der Waals surface area contributed by atoms with E-state index in [1.165, 1.54) is 18.6 Å². The Bertz CT molecular complexity index is 672. The van der Waals surface area contributed by atoms with Crippen LogP contribution in [0, 0.1) is 5.82 Å². The van der Waals surface area contributed by atoms with Crippen LogP contribution in [0.2, 0.25) is 0 Å². The van der Waals surface area contributed by atoms with Crippen molar-refractivity contribution in [2.45, 2.75) is 0 Å². The van der Waals surface area contributed by atoms with Crippen LogP contribution in [0.25, 0.3) is 0 Å². The van der Waals surface area contributed by atoms with Gasteiger partial charge in [0, 0.05) is 5.38 Å². The van der Waals surface area contributed by atoms with Crippen molar-refractivity contribution in [1.29, 1.82) is 0 Å². The number of esters is 1. The number of nitrogens with zero attached hydrogens (tertiary/aromatic N) is 1. The maximum Gasteiger partial charge on any atom is 0.340 e. The fraction of sp³-hybridized carbons (Fsp3) is 0.0833. The van der Waals surface area contributed by atoms with Crippen LogP contribution < -0.4 is 11.1 Å². The highest BCUT2D eigenvalue weighted by Crippen LogP contribution is 2.20. The van der Waals surface area contributed by atoms with Gasteiger partial charge in [-0.3, -0.25) is 4.79 Å². The summed E-state index contributed by atoms with van der Waals surface area (Å²) in [6, 6.07) is 3.38. The lowest BCUT2D eigenvalue weighted by Crippen LogP contribution is -2.16. The minimum atomic E-state index is -0.752. The zero-order valence-electron chi connectivity index (χ0n) is 10.3. The van der Waals surface area contributed by atoms with Crippen LogP contribution in [0.15, 0.2) is 23.6 Å². The molecule has 1 heterocycles. The summed E-state index contributed by atoms with van der Waals surface area (Å²) in [4.78, 5) is 27.3. The van der Waals surface area contributed by atoms with Gasteiger partial charge in [0.05, 0.1) is 18.4 Å². The predicted molar refractivity (Wildman–Crippen MR) is 72.2 cm³/mol. The number of hydrogen-bond donors (Lipinski definition) is 2. The molecule has 0 saturated carbocycles. The smallest absolute Gasteiger partial charge is 0.340 e. The average molecular weight is 295 g/mol. The van der Waals surface area contributed by atoms with Crippen LogP contribution in [0.4, 0.5) is 15.2 Å². The van der Waals surface area contributed by atoms with E-state index in [2.05, 4.69) is 15.0 Å². The van der Waals surface area contributed by atoms with Crippen molar-refractivity contribution in [2.24, 2.45) is 0 Å². The summed E-state index contributed by atoms with van der Waals surface area (Å²) in [6.45, 7) is 0. The number of halogens is 1. The number of carbonyl (C=O) groups excluding carboxylic acids is 2. The van der Waals surface area contributed by atoms with Crippen molar-refractivity contribution >= 4 is 34.0 Å². The Morgan fingerprint density at radius 1 is 1.45 bits per heavy atom. The second kappa shape index (κ2) is 5.66. The molecular formula is C12H10FN3O3S. The van der Waals surface area contributed by atoms with E-state index in [1.54, 1.807) is 0 Å². The van der Waals surface area contributed by atoms with Crippen LogP contribution in [0.3, 0.4) is 0 Å². The predicted octanol–water partition coefficient (Wildman–Crippen LogP) is 1.90. The van der Waals surface area contributed by atoms with E-state index in [-0.39, 0.29) is 22.1 Å². The fourth-order valence-electron chi connectivity index (χ4n) is 1.48. The number of ether oxygens (including phenoxy) is 1. The number of nitrogens with one attached hydrogen (secondary N) is 1. The molecule has 0 spiro atoms. The molecule has 6 nitrogen and oxygen atoms in total. The Kier molecular flexibility index (Phi) is 3.94. The third-order valence-electron chi connectivity index (χ3n) is 2.39. The van der Waals surface area contributed by atoms with Gasteiger partial charge in [0.15, 0.2) is 5.13 Å². The molecule has 0 bridgehead atoms. The van der Waals surface area contributed by atoms with Crippen LogP contribution in [0.5, 0.6) is 0 Å². The van der Waals surface area contributed by atoms with E-state index < -0.39 is 17.7 Å². The number of amides is 1. The topological polar surface area (TPSA) is 94.3 Å². The normalized spacial score (nSPS) is 10.1. The highest BCUT2D eigenvalue weighted by atomic mass is 32.1. The van der Waals surface area contributed by atoms with E-state index in [1.807, 2.05) is 0 Å². The van der Waals surface area contributed by atoms with Gasteiger partial charge in [0.2, 0.25) is 0 Å². The van der Waals surface area contributed by atoms with Crippen molar-refractivity contribution in [1.82, 2.24) is 4.98 Å². The fourth-order valence-corrected chi connectivity index (χ4v) is 2.03. The maximum absolute atomic E-state index is 13.2. The van der Waals surface area contributed by atoms with Crippen LogP contribution in [0.1, 0.15) is 20.8 Å². The number of methoxy groups -OCH3 is 1. The standard InChI is InChI=1S/C12H10FN3O3S/c1-19-11(18)7-4-6(13)2-3-8(7)15-10(17)9-5-20-12(14)16-9/h2-5H,1H3,(H2,14,16)(H,15,17). The van der Waals surface area contributed by atoms with Crippen molar-refractivity contribution in [3.63, 3.8) is 0 Å². The number of benzene rings is 1. The van der Waals surface area contributed by atoms with Gasteiger partial charge in [-0.2, -0.15) is 0 Å². The molecule has 1 amide bonds. The molecule has 0 aliphatic carbocycles. The molecule has 0 atom stereocenters. The number of nitrogen functional groups attached to an aromatic ring is 1. The summed E-state index contributed by atoms with van der Waals surface area (Å²) in [5.74, 6) is -1.91. The lowest BCUT2D eigenvalue weighted by atomic mass is 10.1. The Balaban J connectivity index is 2.29. The van der Waals surface area contributed by atoms with E-state index in [0.29, 0.717) is 0 Å². The van der Waals surface area contributed by atoms with Crippen molar-refractivity contribution in [2.75, 3.05) is 18.2 Å². The molecule has 104 valence electrons. The molecule has 1 aromatic carbocycles. The summed E-state index contributed by atoms with van der Waals surface area (Å²) >= 11 is 1.11. The first-order valence-electron chi connectivity index (χ1n) is 5.41. The quantitative estimate of drug-likeness (QED) is 0.843. The lowest BCUT2D eigenvalue weighted by molar-refractivity contribution is 0.0601.